The lowest BCUT2D eigenvalue weighted by Crippen LogP contribution is -2.52. The van der Waals surface area contributed by atoms with Gasteiger partial charge in [0.15, 0.2) is 0 Å². The first-order valence-electron chi connectivity index (χ1n) is 12.9. The second kappa shape index (κ2) is 10.3. The molecule has 0 spiro atoms. The third-order valence-corrected chi connectivity index (χ3v) is 7.74. The minimum atomic E-state index is -0.762. The van der Waals surface area contributed by atoms with Crippen LogP contribution in [-0.4, -0.2) is 69.9 Å². The van der Waals surface area contributed by atoms with Gasteiger partial charge in [-0.3, -0.25) is 9.48 Å². The topological polar surface area (TPSA) is 101 Å². The average Bonchev–Trinajstić information content (AvgIpc) is 3.31. The molecule has 0 aliphatic carbocycles. The first kappa shape index (κ1) is 25.5. The molecule has 2 aromatic heterocycles. The molecule has 1 saturated heterocycles. The number of H-pyrrole nitrogens is 1. The molecule has 9 nitrogen and oxygen atoms in total. The number of hydrogen-bond donors (Lipinski definition) is 1. The fraction of sp³-hybridized carbons (Fsp3) is 0.379. The summed E-state index contributed by atoms with van der Waals surface area (Å²) < 4.78 is 6.91. The quantitative estimate of drug-likeness (QED) is 0.408. The number of carbonyl (C=O) groups is 2. The highest BCUT2D eigenvalue weighted by Crippen LogP contribution is 2.28. The zero-order valence-electron chi connectivity index (χ0n) is 22.2. The number of hydrogen-bond acceptors (Lipinski definition) is 5. The van der Waals surface area contributed by atoms with Crippen LogP contribution in [0, 0.1) is 6.92 Å². The molecule has 1 aliphatic heterocycles. The van der Waals surface area contributed by atoms with E-state index in [1.165, 1.54) is 12.0 Å². The Hall–Kier alpha value is -4.14. The second-order valence-electron chi connectivity index (χ2n) is 10.2. The summed E-state index contributed by atoms with van der Waals surface area (Å²) in [7, 11) is 4.90. The van der Waals surface area contributed by atoms with Crippen LogP contribution in [0.3, 0.4) is 0 Å². The maximum atomic E-state index is 13.5. The molecule has 1 N–H and O–H groups in total. The molecule has 5 rings (SSSR count). The molecular formula is C29H33N5O4. The van der Waals surface area contributed by atoms with Gasteiger partial charge in [-0.15, -0.1) is 0 Å². The van der Waals surface area contributed by atoms with Gasteiger partial charge in [-0.1, -0.05) is 24.3 Å². The van der Waals surface area contributed by atoms with Gasteiger partial charge in [0.05, 0.1) is 18.8 Å². The number of nitrogens with zero attached hydrogens (tertiary/aromatic N) is 4. The van der Waals surface area contributed by atoms with Crippen LogP contribution in [0.2, 0.25) is 0 Å². The van der Waals surface area contributed by atoms with Crippen molar-refractivity contribution in [2.24, 2.45) is 7.05 Å². The van der Waals surface area contributed by atoms with Gasteiger partial charge >= 0.3 is 12.0 Å². The smallest absolute Gasteiger partial charge is 0.328 e. The van der Waals surface area contributed by atoms with Gasteiger partial charge < -0.3 is 19.5 Å². The van der Waals surface area contributed by atoms with Gasteiger partial charge in [0.25, 0.3) is 5.56 Å². The van der Waals surface area contributed by atoms with Gasteiger partial charge in [0.1, 0.15) is 6.04 Å². The fourth-order valence-electron chi connectivity index (χ4n) is 5.69. The van der Waals surface area contributed by atoms with Gasteiger partial charge in [-0.2, -0.15) is 5.10 Å². The van der Waals surface area contributed by atoms with Crippen LogP contribution in [0.1, 0.15) is 35.4 Å². The number of aromatic nitrogens is 3. The summed E-state index contributed by atoms with van der Waals surface area (Å²) in [6.45, 7) is 3.03. The SMILES string of the molecule is COC(=O)[C@@H](Cc1cc(C)c2c(cnn2C)c1)N(C)C(=O)N1CCC(c2cc3ccccc3[nH]c2=O)CC1. The van der Waals surface area contributed by atoms with E-state index < -0.39 is 12.0 Å². The fourth-order valence-corrected chi connectivity index (χ4v) is 5.69. The standard InChI is InChI=1S/C29H33N5O4/c1-18-13-19(14-22-17-30-33(3)26(18)22)15-25(28(36)38-4)32(2)29(37)34-11-9-20(10-12-34)23-16-21-7-5-6-8-24(21)31-27(23)35/h5-8,13-14,16-17,20,25H,9-12,15H2,1-4H3,(H,31,35)/t25-/m1/s1. The third-order valence-electron chi connectivity index (χ3n) is 7.74. The largest absolute Gasteiger partial charge is 0.467 e. The minimum absolute atomic E-state index is 0.0720. The van der Waals surface area contributed by atoms with Crippen molar-refractivity contribution in [3.05, 3.63) is 75.7 Å². The van der Waals surface area contributed by atoms with E-state index in [0.29, 0.717) is 32.4 Å². The molecule has 1 aliphatic rings. The number of esters is 1. The summed E-state index contributed by atoms with van der Waals surface area (Å²) in [6.07, 6.45) is 3.50. The Morgan fingerprint density at radius 1 is 1.16 bits per heavy atom. The van der Waals surface area contributed by atoms with E-state index in [1.807, 2.05) is 61.1 Å². The van der Waals surface area contributed by atoms with Gasteiger partial charge in [0.2, 0.25) is 0 Å². The molecule has 0 radical (unpaired) electrons. The number of para-hydroxylation sites is 1. The third kappa shape index (κ3) is 4.76. The van der Waals surface area contributed by atoms with E-state index >= 15 is 0 Å². The zero-order valence-corrected chi connectivity index (χ0v) is 22.2. The summed E-state index contributed by atoms with van der Waals surface area (Å²) in [5.41, 5.74) is 4.55. The maximum Gasteiger partial charge on any atom is 0.328 e. The number of methoxy groups -OCH3 is 1. The molecule has 198 valence electrons. The number of aryl methyl sites for hydroxylation is 2. The molecule has 0 bridgehead atoms. The Balaban J connectivity index is 1.30. The second-order valence-corrected chi connectivity index (χ2v) is 10.2. The van der Waals surface area contributed by atoms with Gasteiger partial charge in [-0.05, 0) is 60.4 Å². The Kier molecular flexibility index (Phi) is 6.93. The van der Waals surface area contributed by atoms with Crippen LogP contribution in [0.15, 0.2) is 53.5 Å². The van der Waals surface area contributed by atoms with Crippen molar-refractivity contribution in [2.45, 2.75) is 38.1 Å². The summed E-state index contributed by atoms with van der Waals surface area (Å²) in [5.74, 6) is -0.384. The average molecular weight is 516 g/mol. The Labute approximate surface area is 221 Å². The van der Waals surface area contributed by atoms with Crippen LogP contribution >= 0.6 is 0 Å². The molecule has 2 amide bonds. The van der Waals surface area contributed by atoms with Crippen LogP contribution in [-0.2, 0) is 23.0 Å². The van der Waals surface area contributed by atoms with E-state index in [2.05, 4.69) is 10.1 Å². The number of rotatable bonds is 5. The lowest BCUT2D eigenvalue weighted by atomic mass is 9.89. The predicted molar refractivity (Wildman–Crippen MR) is 146 cm³/mol. The highest BCUT2D eigenvalue weighted by atomic mass is 16.5. The number of benzene rings is 2. The first-order chi connectivity index (χ1) is 18.3. The summed E-state index contributed by atoms with van der Waals surface area (Å²) in [5, 5.41) is 6.33. The Bertz CT molecular complexity index is 1560. The number of fused-ring (bicyclic) bond motifs is 2. The first-order valence-corrected chi connectivity index (χ1v) is 12.9. The van der Waals surface area contributed by atoms with Crippen molar-refractivity contribution >= 4 is 33.8 Å². The highest BCUT2D eigenvalue weighted by molar-refractivity contribution is 5.85. The molecule has 1 atom stereocenters. The van der Waals surface area contributed by atoms with Crippen molar-refractivity contribution in [3.63, 3.8) is 0 Å². The Morgan fingerprint density at radius 3 is 2.63 bits per heavy atom. The van der Waals surface area contributed by atoms with E-state index in [4.69, 9.17) is 4.74 Å². The van der Waals surface area contributed by atoms with Crippen molar-refractivity contribution in [1.29, 1.82) is 0 Å². The normalized spacial score (nSPS) is 15.1. The molecule has 2 aromatic carbocycles. The van der Waals surface area contributed by atoms with Crippen molar-refractivity contribution < 1.29 is 14.3 Å². The molecule has 3 heterocycles. The van der Waals surface area contributed by atoms with Gasteiger partial charge in [0, 0.05) is 50.1 Å². The van der Waals surface area contributed by atoms with Gasteiger partial charge in [-0.25, -0.2) is 9.59 Å². The summed E-state index contributed by atoms with van der Waals surface area (Å²) >= 11 is 0. The van der Waals surface area contributed by atoms with Crippen LogP contribution < -0.4 is 5.56 Å². The lowest BCUT2D eigenvalue weighted by Gasteiger charge is -2.36. The number of pyridine rings is 1. The number of piperidine rings is 1. The monoisotopic (exact) mass is 515 g/mol. The molecule has 9 heteroatoms. The summed E-state index contributed by atoms with van der Waals surface area (Å²) in [4.78, 5) is 45.2. The van der Waals surface area contributed by atoms with Crippen LogP contribution in [0.5, 0.6) is 0 Å². The van der Waals surface area contributed by atoms with Crippen LogP contribution in [0.4, 0.5) is 4.79 Å². The zero-order chi connectivity index (χ0) is 27.0. The minimum Gasteiger partial charge on any atom is -0.467 e. The van der Waals surface area contributed by atoms with E-state index in [0.717, 1.165) is 38.5 Å². The Morgan fingerprint density at radius 2 is 1.89 bits per heavy atom. The number of ether oxygens (including phenoxy) is 1. The number of likely N-dealkylation sites (N-methyl/N-ethyl adjacent to an activating group) is 1. The van der Waals surface area contributed by atoms with Crippen molar-refractivity contribution in [1.82, 2.24) is 24.6 Å². The summed E-state index contributed by atoms with van der Waals surface area (Å²) in [6, 6.07) is 12.8. The highest BCUT2D eigenvalue weighted by Gasteiger charge is 2.33. The predicted octanol–water partition coefficient (Wildman–Crippen LogP) is 3.74. The lowest BCUT2D eigenvalue weighted by molar-refractivity contribution is -0.145. The molecule has 0 saturated carbocycles. The van der Waals surface area contributed by atoms with Crippen molar-refractivity contribution in [3.8, 4) is 0 Å². The number of carbonyl (C=O) groups excluding carboxylic acids is 2. The number of urea groups is 1. The van der Waals surface area contributed by atoms with E-state index in [-0.39, 0.29) is 17.5 Å². The molecular weight excluding hydrogens is 482 g/mol. The maximum absolute atomic E-state index is 13.5. The van der Waals surface area contributed by atoms with Crippen LogP contribution in [0.25, 0.3) is 21.8 Å². The number of amides is 2. The molecule has 1 fully saturated rings. The molecule has 38 heavy (non-hydrogen) atoms. The number of aromatic amines is 1. The van der Waals surface area contributed by atoms with E-state index in [1.54, 1.807) is 18.1 Å². The number of nitrogens with one attached hydrogen (secondary N) is 1. The van der Waals surface area contributed by atoms with Crippen molar-refractivity contribution in [2.75, 3.05) is 27.2 Å². The number of likely N-dealkylation sites (tertiary alicyclic amines) is 1. The molecule has 4 aromatic rings. The molecule has 0 unspecified atom stereocenters. The van der Waals surface area contributed by atoms with E-state index in [9.17, 15) is 14.4 Å².